The number of nitrogens with zero attached hydrogens (tertiary/aromatic N) is 3. The molecule has 0 saturated heterocycles. The second kappa shape index (κ2) is 11.5. The molecule has 0 bridgehead atoms. The molecular formula is C23H28N4O6S. The zero-order valence-electron chi connectivity index (χ0n) is 20.0. The lowest BCUT2D eigenvalue weighted by atomic mass is 10.1. The fraction of sp³-hybridized carbons (Fsp3) is 0.348. The fourth-order valence-electron chi connectivity index (χ4n) is 3.33. The van der Waals surface area contributed by atoms with Gasteiger partial charge in [0.15, 0.2) is 22.5 Å². The van der Waals surface area contributed by atoms with E-state index in [4.69, 9.17) is 23.7 Å². The standard InChI is InChI=1S/C23H28N4O6S/c1-7-27-22(14-10-18(31-4)21(33-6)19(11-14)32-5)25-26-23(27)34-13-20(28)24-16-12-15(29-2)8-9-17(16)30-3/h8-12H,7,13H2,1-6H3,(H,24,28). The fourth-order valence-corrected chi connectivity index (χ4v) is 4.13. The maximum atomic E-state index is 12.6. The lowest BCUT2D eigenvalue weighted by Gasteiger charge is -2.14. The van der Waals surface area contributed by atoms with E-state index in [1.54, 1.807) is 53.7 Å². The molecular weight excluding hydrogens is 460 g/mol. The van der Waals surface area contributed by atoms with Gasteiger partial charge in [-0.15, -0.1) is 10.2 Å². The molecule has 10 nitrogen and oxygen atoms in total. The molecule has 0 aliphatic heterocycles. The summed E-state index contributed by atoms with van der Waals surface area (Å²) in [7, 11) is 7.77. The zero-order chi connectivity index (χ0) is 24.7. The Labute approximate surface area is 202 Å². The molecule has 0 atom stereocenters. The predicted molar refractivity (Wildman–Crippen MR) is 130 cm³/mol. The van der Waals surface area contributed by atoms with Gasteiger partial charge >= 0.3 is 0 Å². The molecule has 34 heavy (non-hydrogen) atoms. The second-order valence-corrected chi connectivity index (χ2v) is 7.81. The van der Waals surface area contributed by atoms with Crippen LogP contribution in [0.25, 0.3) is 11.4 Å². The number of carbonyl (C=O) groups excluding carboxylic acids is 1. The van der Waals surface area contributed by atoms with Gasteiger partial charge in [0.05, 0.1) is 47.0 Å². The van der Waals surface area contributed by atoms with E-state index < -0.39 is 0 Å². The van der Waals surface area contributed by atoms with Gasteiger partial charge < -0.3 is 33.6 Å². The van der Waals surface area contributed by atoms with E-state index in [0.29, 0.717) is 52.0 Å². The van der Waals surface area contributed by atoms with Gasteiger partial charge in [0, 0.05) is 18.2 Å². The van der Waals surface area contributed by atoms with Gasteiger partial charge in [-0.3, -0.25) is 4.79 Å². The molecule has 0 radical (unpaired) electrons. The smallest absolute Gasteiger partial charge is 0.234 e. The Hall–Kier alpha value is -3.60. The minimum Gasteiger partial charge on any atom is -0.497 e. The van der Waals surface area contributed by atoms with Gasteiger partial charge in [0.1, 0.15) is 11.5 Å². The Morgan fingerprint density at radius 3 is 2.15 bits per heavy atom. The number of amides is 1. The van der Waals surface area contributed by atoms with E-state index in [-0.39, 0.29) is 11.7 Å². The van der Waals surface area contributed by atoms with Gasteiger partial charge in [0.25, 0.3) is 0 Å². The molecule has 0 unspecified atom stereocenters. The average Bonchev–Trinajstić information content (AvgIpc) is 3.29. The first-order valence-electron chi connectivity index (χ1n) is 10.4. The van der Waals surface area contributed by atoms with Crippen LogP contribution in [0.15, 0.2) is 35.5 Å². The van der Waals surface area contributed by atoms with Crippen molar-refractivity contribution >= 4 is 23.4 Å². The third-order valence-electron chi connectivity index (χ3n) is 4.97. The quantitative estimate of drug-likeness (QED) is 0.404. The van der Waals surface area contributed by atoms with Crippen molar-refractivity contribution in [1.82, 2.24) is 14.8 Å². The number of anilines is 1. The first kappa shape index (κ1) is 25.0. The van der Waals surface area contributed by atoms with Crippen molar-refractivity contribution in [2.45, 2.75) is 18.6 Å². The first-order chi connectivity index (χ1) is 16.5. The Kier molecular flexibility index (Phi) is 8.47. The van der Waals surface area contributed by atoms with Crippen LogP contribution in [0.2, 0.25) is 0 Å². The van der Waals surface area contributed by atoms with E-state index in [9.17, 15) is 4.79 Å². The van der Waals surface area contributed by atoms with Gasteiger partial charge in [0.2, 0.25) is 11.7 Å². The molecule has 1 heterocycles. The van der Waals surface area contributed by atoms with Crippen LogP contribution in [0.4, 0.5) is 5.69 Å². The normalized spacial score (nSPS) is 10.5. The molecule has 3 aromatic rings. The molecule has 1 N–H and O–H groups in total. The monoisotopic (exact) mass is 488 g/mol. The Morgan fingerprint density at radius 2 is 1.59 bits per heavy atom. The third-order valence-corrected chi connectivity index (χ3v) is 5.94. The summed E-state index contributed by atoms with van der Waals surface area (Å²) in [5, 5.41) is 12.1. The van der Waals surface area contributed by atoms with Crippen LogP contribution in [-0.2, 0) is 11.3 Å². The van der Waals surface area contributed by atoms with Crippen molar-refractivity contribution in [2.24, 2.45) is 0 Å². The predicted octanol–water partition coefficient (Wildman–Crippen LogP) is 3.74. The van der Waals surface area contributed by atoms with Gasteiger partial charge in [-0.1, -0.05) is 11.8 Å². The Balaban J connectivity index is 1.80. The molecule has 0 aliphatic carbocycles. The topological polar surface area (TPSA) is 106 Å². The van der Waals surface area contributed by atoms with Crippen LogP contribution >= 0.6 is 11.8 Å². The summed E-state index contributed by atoms with van der Waals surface area (Å²) in [4.78, 5) is 12.6. The van der Waals surface area contributed by atoms with E-state index in [1.807, 2.05) is 23.6 Å². The number of hydrogen-bond donors (Lipinski definition) is 1. The number of carbonyl (C=O) groups is 1. The van der Waals surface area contributed by atoms with Crippen LogP contribution in [0, 0.1) is 0 Å². The number of thioether (sulfide) groups is 1. The summed E-state index contributed by atoms with van der Waals surface area (Å²) in [6, 6.07) is 8.83. The second-order valence-electron chi connectivity index (χ2n) is 6.87. The molecule has 0 fully saturated rings. The van der Waals surface area contributed by atoms with Gasteiger partial charge in [-0.05, 0) is 31.2 Å². The van der Waals surface area contributed by atoms with Crippen molar-refractivity contribution in [1.29, 1.82) is 0 Å². The molecule has 182 valence electrons. The number of aromatic nitrogens is 3. The lowest BCUT2D eigenvalue weighted by molar-refractivity contribution is -0.113. The maximum absolute atomic E-state index is 12.6. The highest BCUT2D eigenvalue weighted by molar-refractivity contribution is 7.99. The van der Waals surface area contributed by atoms with Crippen LogP contribution < -0.4 is 29.0 Å². The summed E-state index contributed by atoms with van der Waals surface area (Å²) in [5.41, 5.74) is 1.28. The third kappa shape index (κ3) is 5.30. The van der Waals surface area contributed by atoms with E-state index >= 15 is 0 Å². The highest BCUT2D eigenvalue weighted by Gasteiger charge is 2.20. The largest absolute Gasteiger partial charge is 0.497 e. The number of rotatable bonds is 11. The van der Waals surface area contributed by atoms with Gasteiger partial charge in [-0.2, -0.15) is 0 Å². The van der Waals surface area contributed by atoms with Gasteiger partial charge in [-0.25, -0.2) is 0 Å². The van der Waals surface area contributed by atoms with Crippen LogP contribution in [-0.4, -0.2) is 62.0 Å². The molecule has 0 aliphatic rings. The first-order valence-corrected chi connectivity index (χ1v) is 11.4. The lowest BCUT2D eigenvalue weighted by Crippen LogP contribution is -2.15. The summed E-state index contributed by atoms with van der Waals surface area (Å²) in [5.74, 6) is 3.23. The maximum Gasteiger partial charge on any atom is 0.234 e. The van der Waals surface area contributed by atoms with E-state index in [2.05, 4.69) is 15.5 Å². The summed E-state index contributed by atoms with van der Waals surface area (Å²) in [6.07, 6.45) is 0. The number of methoxy groups -OCH3 is 5. The molecule has 3 rings (SSSR count). The van der Waals surface area contributed by atoms with Crippen molar-refractivity contribution in [3.63, 3.8) is 0 Å². The number of nitrogens with one attached hydrogen (secondary N) is 1. The van der Waals surface area contributed by atoms with Crippen molar-refractivity contribution < 1.29 is 28.5 Å². The number of hydrogen-bond acceptors (Lipinski definition) is 9. The van der Waals surface area contributed by atoms with Crippen LogP contribution in [0.5, 0.6) is 28.7 Å². The summed E-state index contributed by atoms with van der Waals surface area (Å²) in [6.45, 7) is 2.59. The van der Waals surface area contributed by atoms with Crippen molar-refractivity contribution in [2.75, 3.05) is 46.6 Å². The van der Waals surface area contributed by atoms with Crippen LogP contribution in [0.3, 0.4) is 0 Å². The van der Waals surface area contributed by atoms with Crippen LogP contribution in [0.1, 0.15) is 6.92 Å². The molecule has 11 heteroatoms. The molecule has 2 aromatic carbocycles. The molecule has 0 saturated carbocycles. The molecule has 1 amide bonds. The SMILES string of the molecule is CCn1c(SCC(=O)Nc2cc(OC)ccc2OC)nnc1-c1cc(OC)c(OC)c(OC)c1. The van der Waals surface area contributed by atoms with E-state index in [1.165, 1.54) is 11.8 Å². The minimum absolute atomic E-state index is 0.133. The molecule has 1 aromatic heterocycles. The Bertz CT molecular complexity index is 1130. The average molecular weight is 489 g/mol. The summed E-state index contributed by atoms with van der Waals surface area (Å²) < 4.78 is 28.8. The highest BCUT2D eigenvalue weighted by Crippen LogP contribution is 2.41. The zero-order valence-corrected chi connectivity index (χ0v) is 20.8. The Morgan fingerprint density at radius 1 is 0.912 bits per heavy atom. The van der Waals surface area contributed by atoms with Crippen molar-refractivity contribution in [3.8, 4) is 40.1 Å². The highest BCUT2D eigenvalue weighted by atomic mass is 32.2. The number of ether oxygens (including phenoxy) is 5. The van der Waals surface area contributed by atoms with Crippen molar-refractivity contribution in [3.05, 3.63) is 30.3 Å². The summed E-state index contributed by atoms with van der Waals surface area (Å²) >= 11 is 1.28. The molecule has 0 spiro atoms. The number of benzene rings is 2. The minimum atomic E-state index is -0.212. The van der Waals surface area contributed by atoms with E-state index in [0.717, 1.165) is 5.56 Å².